The van der Waals surface area contributed by atoms with E-state index >= 15 is 0 Å². The molecule has 0 spiro atoms. The number of carbonyl (C=O) groups excluding carboxylic acids is 1. The zero-order valence-corrected chi connectivity index (χ0v) is 15.4. The fourth-order valence-corrected chi connectivity index (χ4v) is 3.75. The van der Waals surface area contributed by atoms with Crippen LogP contribution in [0.1, 0.15) is 40.3 Å². The fourth-order valence-electron chi connectivity index (χ4n) is 3.75. The Morgan fingerprint density at radius 1 is 1.19 bits per heavy atom. The second kappa shape index (κ2) is 6.33. The van der Waals surface area contributed by atoms with Crippen molar-refractivity contribution in [2.45, 2.75) is 38.6 Å². The molecule has 4 heterocycles. The number of hydrogen-bond donors (Lipinski definition) is 1. The number of hydrogen-bond acceptors (Lipinski definition) is 5. The molecule has 0 bridgehead atoms. The molecule has 0 atom stereocenters. The van der Waals surface area contributed by atoms with Gasteiger partial charge in [-0.25, -0.2) is 15.0 Å². The molecule has 1 amide bonds. The molecule has 2 aliphatic rings. The number of anilines is 1. The molecule has 3 aromatic rings. The highest BCUT2D eigenvalue weighted by atomic mass is 16.2. The predicted molar refractivity (Wildman–Crippen MR) is 102 cm³/mol. The van der Waals surface area contributed by atoms with Gasteiger partial charge in [-0.15, -0.1) is 0 Å². The Hall–Kier alpha value is -2.96. The van der Waals surface area contributed by atoms with Gasteiger partial charge in [-0.05, 0) is 38.3 Å². The molecule has 0 radical (unpaired) electrons. The molecule has 27 heavy (non-hydrogen) atoms. The second-order valence-electron chi connectivity index (χ2n) is 7.33. The molecule has 5 rings (SSSR count). The summed E-state index contributed by atoms with van der Waals surface area (Å²) in [7, 11) is 0. The molecule has 3 aromatic heterocycles. The van der Waals surface area contributed by atoms with Crippen LogP contribution >= 0.6 is 0 Å². The Morgan fingerprint density at radius 2 is 2.04 bits per heavy atom. The minimum absolute atomic E-state index is 0.00586. The van der Waals surface area contributed by atoms with Gasteiger partial charge in [0.15, 0.2) is 0 Å². The third-order valence-electron chi connectivity index (χ3n) is 5.46. The number of imidazole rings is 1. The zero-order valence-electron chi connectivity index (χ0n) is 15.4. The van der Waals surface area contributed by atoms with E-state index in [-0.39, 0.29) is 5.91 Å². The van der Waals surface area contributed by atoms with Crippen molar-refractivity contribution < 1.29 is 4.79 Å². The lowest BCUT2D eigenvalue weighted by molar-refractivity contribution is 0.0757. The number of aryl methyl sites for hydroxylation is 1. The lowest BCUT2D eigenvalue weighted by Crippen LogP contribution is -2.34. The van der Waals surface area contributed by atoms with Gasteiger partial charge in [0.2, 0.25) is 0 Å². The molecule has 1 aliphatic heterocycles. The molecule has 1 fully saturated rings. The SMILES string of the molecule is Cc1c(C(=O)N2CCc3ncnc(NC4CC4)c3CC2)nc2ccccn12. The Labute approximate surface area is 157 Å². The summed E-state index contributed by atoms with van der Waals surface area (Å²) in [6, 6.07) is 6.36. The molecule has 0 saturated heterocycles. The molecule has 138 valence electrons. The first kappa shape index (κ1) is 16.2. The molecule has 0 aromatic carbocycles. The Kier molecular flexibility index (Phi) is 3.81. The number of carbonyl (C=O) groups is 1. The Bertz CT molecular complexity index is 1020. The van der Waals surface area contributed by atoms with Crippen LogP contribution in [0.3, 0.4) is 0 Å². The monoisotopic (exact) mass is 362 g/mol. The van der Waals surface area contributed by atoms with E-state index in [4.69, 9.17) is 0 Å². The minimum atomic E-state index is -0.00586. The summed E-state index contributed by atoms with van der Waals surface area (Å²) in [5.74, 6) is 0.939. The van der Waals surface area contributed by atoms with Crippen molar-refractivity contribution in [2.75, 3.05) is 18.4 Å². The van der Waals surface area contributed by atoms with Crippen molar-refractivity contribution in [1.29, 1.82) is 0 Å². The minimum Gasteiger partial charge on any atom is -0.367 e. The third-order valence-corrected chi connectivity index (χ3v) is 5.46. The van der Waals surface area contributed by atoms with E-state index in [0.717, 1.165) is 41.3 Å². The molecule has 1 saturated carbocycles. The van der Waals surface area contributed by atoms with Gasteiger partial charge >= 0.3 is 0 Å². The molecular formula is C20H22N6O. The highest BCUT2D eigenvalue weighted by Crippen LogP contribution is 2.28. The largest absolute Gasteiger partial charge is 0.367 e. The van der Waals surface area contributed by atoms with Crippen LogP contribution in [0.25, 0.3) is 5.65 Å². The first-order chi connectivity index (χ1) is 13.2. The van der Waals surface area contributed by atoms with Crippen LogP contribution < -0.4 is 5.32 Å². The number of amides is 1. The molecule has 7 nitrogen and oxygen atoms in total. The number of aromatic nitrogens is 4. The van der Waals surface area contributed by atoms with E-state index < -0.39 is 0 Å². The summed E-state index contributed by atoms with van der Waals surface area (Å²) in [6.07, 6.45) is 7.50. The molecule has 1 N–H and O–H groups in total. The number of nitrogens with zero attached hydrogens (tertiary/aromatic N) is 5. The van der Waals surface area contributed by atoms with Gasteiger partial charge in [0.05, 0.1) is 11.4 Å². The maximum atomic E-state index is 13.2. The van der Waals surface area contributed by atoms with Gasteiger partial charge in [-0.2, -0.15) is 0 Å². The highest BCUT2D eigenvalue weighted by Gasteiger charge is 2.27. The third kappa shape index (κ3) is 2.93. The predicted octanol–water partition coefficient (Wildman–Crippen LogP) is 2.25. The average molecular weight is 362 g/mol. The average Bonchev–Trinajstić information content (AvgIpc) is 3.47. The van der Waals surface area contributed by atoms with E-state index in [0.29, 0.717) is 24.8 Å². The number of fused-ring (bicyclic) bond motifs is 2. The summed E-state index contributed by atoms with van der Waals surface area (Å²) in [4.78, 5) is 28.6. The summed E-state index contributed by atoms with van der Waals surface area (Å²) in [5.41, 5.74) is 4.43. The quantitative estimate of drug-likeness (QED) is 0.773. The van der Waals surface area contributed by atoms with Crippen LogP contribution in [-0.4, -0.2) is 49.3 Å². The Balaban J connectivity index is 1.40. The van der Waals surface area contributed by atoms with Crippen molar-refractivity contribution >= 4 is 17.4 Å². The smallest absolute Gasteiger partial charge is 0.274 e. The van der Waals surface area contributed by atoms with E-state index in [1.54, 1.807) is 6.33 Å². The second-order valence-corrected chi connectivity index (χ2v) is 7.33. The summed E-state index contributed by atoms with van der Waals surface area (Å²) in [6.45, 7) is 3.26. The van der Waals surface area contributed by atoms with Crippen molar-refractivity contribution in [1.82, 2.24) is 24.3 Å². The lowest BCUT2D eigenvalue weighted by Gasteiger charge is -2.19. The first-order valence-corrected chi connectivity index (χ1v) is 9.53. The van der Waals surface area contributed by atoms with Crippen molar-refractivity contribution in [3.63, 3.8) is 0 Å². The standard InChI is InChI=1S/C20H22N6O/c1-13-18(24-17-4-2-3-9-26(13)17)20(27)25-10-7-15-16(8-11-25)21-12-22-19(15)23-14-5-6-14/h2-4,9,12,14H,5-8,10-11H2,1H3,(H,21,22,23). The van der Waals surface area contributed by atoms with Gasteiger partial charge in [0.1, 0.15) is 23.5 Å². The summed E-state index contributed by atoms with van der Waals surface area (Å²) < 4.78 is 1.96. The van der Waals surface area contributed by atoms with E-state index in [1.165, 1.54) is 12.8 Å². The van der Waals surface area contributed by atoms with E-state index in [9.17, 15) is 4.79 Å². The van der Waals surface area contributed by atoms with Crippen LogP contribution in [0.4, 0.5) is 5.82 Å². The van der Waals surface area contributed by atoms with E-state index in [2.05, 4.69) is 20.3 Å². The van der Waals surface area contributed by atoms with Gasteiger partial charge in [0, 0.05) is 37.3 Å². The first-order valence-electron chi connectivity index (χ1n) is 9.53. The van der Waals surface area contributed by atoms with Crippen LogP contribution in [0.2, 0.25) is 0 Å². The van der Waals surface area contributed by atoms with Crippen LogP contribution in [0, 0.1) is 6.92 Å². The van der Waals surface area contributed by atoms with Crippen molar-refractivity contribution in [2.24, 2.45) is 0 Å². The van der Waals surface area contributed by atoms with Crippen LogP contribution in [-0.2, 0) is 12.8 Å². The number of nitrogens with one attached hydrogen (secondary N) is 1. The highest BCUT2D eigenvalue weighted by molar-refractivity contribution is 5.94. The molecular weight excluding hydrogens is 340 g/mol. The zero-order chi connectivity index (χ0) is 18.4. The summed E-state index contributed by atoms with van der Waals surface area (Å²) >= 11 is 0. The van der Waals surface area contributed by atoms with Gasteiger partial charge in [-0.3, -0.25) is 4.79 Å². The fraction of sp³-hybridized carbons (Fsp3) is 0.400. The maximum absolute atomic E-state index is 13.2. The molecule has 1 aliphatic carbocycles. The van der Waals surface area contributed by atoms with Crippen LogP contribution in [0.15, 0.2) is 30.7 Å². The number of pyridine rings is 1. The summed E-state index contributed by atoms with van der Waals surface area (Å²) in [5, 5.41) is 3.50. The van der Waals surface area contributed by atoms with Gasteiger partial charge in [0.25, 0.3) is 5.91 Å². The van der Waals surface area contributed by atoms with Gasteiger partial charge < -0.3 is 14.6 Å². The van der Waals surface area contributed by atoms with Crippen molar-refractivity contribution in [3.05, 3.63) is 53.4 Å². The normalized spacial score (nSPS) is 16.9. The maximum Gasteiger partial charge on any atom is 0.274 e. The van der Waals surface area contributed by atoms with E-state index in [1.807, 2.05) is 40.6 Å². The Morgan fingerprint density at radius 3 is 2.85 bits per heavy atom. The topological polar surface area (TPSA) is 75.4 Å². The van der Waals surface area contributed by atoms with Crippen molar-refractivity contribution in [3.8, 4) is 0 Å². The van der Waals surface area contributed by atoms with Crippen LogP contribution in [0.5, 0.6) is 0 Å². The molecule has 7 heteroatoms. The van der Waals surface area contributed by atoms with Gasteiger partial charge in [-0.1, -0.05) is 6.07 Å². The number of rotatable bonds is 3. The lowest BCUT2D eigenvalue weighted by atomic mass is 10.1. The molecule has 0 unspecified atom stereocenters.